The molecule has 0 atom stereocenters. The predicted octanol–water partition coefficient (Wildman–Crippen LogP) is 4.64. The molecule has 0 aliphatic carbocycles. The van der Waals surface area contributed by atoms with Gasteiger partial charge in [0.15, 0.2) is 0 Å². The summed E-state index contributed by atoms with van der Waals surface area (Å²) in [5, 5.41) is 15.0. The largest absolute Gasteiger partial charge is 0.323 e. The molecule has 0 bridgehead atoms. The maximum atomic E-state index is 12.5. The number of hydrogen-bond acceptors (Lipinski definition) is 5. The first kappa shape index (κ1) is 19.1. The van der Waals surface area contributed by atoms with Crippen LogP contribution in [0.4, 0.5) is 17.3 Å². The zero-order valence-corrected chi connectivity index (χ0v) is 16.0. The van der Waals surface area contributed by atoms with E-state index in [0.717, 1.165) is 0 Å². The predicted molar refractivity (Wildman–Crippen MR) is 110 cm³/mol. The van der Waals surface area contributed by atoms with Gasteiger partial charge < -0.3 is 10.6 Å². The lowest BCUT2D eigenvalue weighted by atomic mass is 9.87. The Morgan fingerprint density at radius 2 is 1.75 bits per heavy atom. The molecule has 0 unspecified atom stereocenters. The van der Waals surface area contributed by atoms with Crippen molar-refractivity contribution >= 4 is 23.2 Å². The molecule has 6 nitrogen and oxygen atoms in total. The van der Waals surface area contributed by atoms with Gasteiger partial charge in [-0.25, -0.2) is 9.97 Å². The second-order valence-corrected chi connectivity index (χ2v) is 7.33. The molecular formula is C22H21N5O. The lowest BCUT2D eigenvalue weighted by Gasteiger charge is -2.19. The van der Waals surface area contributed by atoms with Crippen LogP contribution in [-0.4, -0.2) is 15.9 Å². The molecule has 0 saturated carbocycles. The fourth-order valence-corrected chi connectivity index (χ4v) is 2.60. The molecule has 0 aliphatic rings. The number of rotatable bonds is 4. The molecule has 6 heteroatoms. The van der Waals surface area contributed by atoms with Crippen molar-refractivity contribution in [3.8, 4) is 6.07 Å². The second-order valence-electron chi connectivity index (χ2n) is 7.33. The molecule has 140 valence electrons. The van der Waals surface area contributed by atoms with E-state index in [-0.39, 0.29) is 23.0 Å². The molecule has 0 aliphatic heterocycles. The minimum atomic E-state index is -0.331. The number of para-hydroxylation sites is 1. The third kappa shape index (κ3) is 4.51. The van der Waals surface area contributed by atoms with Crippen molar-refractivity contribution in [2.24, 2.45) is 0 Å². The Morgan fingerprint density at radius 3 is 2.43 bits per heavy atom. The van der Waals surface area contributed by atoms with Crippen LogP contribution >= 0.6 is 0 Å². The van der Waals surface area contributed by atoms with Crippen LogP contribution in [0.3, 0.4) is 0 Å². The topological polar surface area (TPSA) is 90.7 Å². The molecule has 1 amide bonds. The minimum absolute atomic E-state index is 0.0511. The summed E-state index contributed by atoms with van der Waals surface area (Å²) < 4.78 is 0. The van der Waals surface area contributed by atoms with Crippen molar-refractivity contribution in [1.29, 1.82) is 5.26 Å². The quantitative estimate of drug-likeness (QED) is 0.697. The van der Waals surface area contributed by atoms with Crippen LogP contribution in [0.15, 0.2) is 60.8 Å². The highest BCUT2D eigenvalue weighted by molar-refractivity contribution is 6.03. The number of aromatic nitrogens is 2. The van der Waals surface area contributed by atoms with Crippen LogP contribution < -0.4 is 10.6 Å². The van der Waals surface area contributed by atoms with Gasteiger partial charge in [-0.15, -0.1) is 0 Å². The van der Waals surface area contributed by atoms with E-state index in [1.165, 1.54) is 11.8 Å². The SMILES string of the molecule is CC(C)(C)c1ccc(NC(=O)c2ccnc(Nc3ccccc3C#N)n2)cc1. The molecule has 1 heterocycles. The summed E-state index contributed by atoms with van der Waals surface area (Å²) in [5.74, 6) is -0.0824. The van der Waals surface area contributed by atoms with Crippen LogP contribution in [0.2, 0.25) is 0 Å². The van der Waals surface area contributed by atoms with Gasteiger partial charge in [-0.3, -0.25) is 4.79 Å². The van der Waals surface area contributed by atoms with Gasteiger partial charge in [-0.2, -0.15) is 5.26 Å². The number of nitriles is 1. The Balaban J connectivity index is 1.74. The van der Waals surface area contributed by atoms with Crippen LogP contribution in [0, 0.1) is 11.3 Å². The number of nitrogens with one attached hydrogen (secondary N) is 2. The van der Waals surface area contributed by atoms with Crippen molar-refractivity contribution in [2.75, 3.05) is 10.6 Å². The van der Waals surface area contributed by atoms with Gasteiger partial charge in [0.05, 0.1) is 11.3 Å². The van der Waals surface area contributed by atoms with Crippen molar-refractivity contribution in [2.45, 2.75) is 26.2 Å². The first-order chi connectivity index (χ1) is 13.4. The first-order valence-electron chi connectivity index (χ1n) is 8.88. The van der Waals surface area contributed by atoms with Crippen LogP contribution in [0.1, 0.15) is 42.4 Å². The van der Waals surface area contributed by atoms with Gasteiger partial charge in [0.1, 0.15) is 11.8 Å². The molecular weight excluding hydrogens is 350 g/mol. The Morgan fingerprint density at radius 1 is 1.04 bits per heavy atom. The zero-order valence-electron chi connectivity index (χ0n) is 16.0. The minimum Gasteiger partial charge on any atom is -0.323 e. The van der Waals surface area contributed by atoms with Gasteiger partial charge >= 0.3 is 0 Å². The molecule has 0 radical (unpaired) electrons. The number of amides is 1. The van der Waals surface area contributed by atoms with E-state index in [1.54, 1.807) is 30.3 Å². The highest BCUT2D eigenvalue weighted by Gasteiger charge is 2.14. The average Bonchev–Trinajstić information content (AvgIpc) is 2.68. The Bertz CT molecular complexity index is 1030. The van der Waals surface area contributed by atoms with Crippen molar-refractivity contribution in [1.82, 2.24) is 9.97 Å². The van der Waals surface area contributed by atoms with E-state index in [4.69, 9.17) is 0 Å². The Kier molecular flexibility index (Phi) is 5.37. The molecule has 0 saturated heterocycles. The van der Waals surface area contributed by atoms with Crippen LogP contribution in [-0.2, 0) is 5.41 Å². The number of anilines is 3. The summed E-state index contributed by atoms with van der Waals surface area (Å²) in [5.41, 5.74) is 3.22. The van der Waals surface area contributed by atoms with Crippen molar-refractivity contribution in [3.63, 3.8) is 0 Å². The van der Waals surface area contributed by atoms with E-state index in [1.807, 2.05) is 24.3 Å². The number of carbonyl (C=O) groups is 1. The highest BCUT2D eigenvalue weighted by atomic mass is 16.1. The third-order valence-electron chi connectivity index (χ3n) is 4.19. The van der Waals surface area contributed by atoms with Gasteiger partial charge in [0.2, 0.25) is 5.95 Å². The van der Waals surface area contributed by atoms with Crippen LogP contribution in [0.25, 0.3) is 0 Å². The summed E-state index contributed by atoms with van der Waals surface area (Å²) in [7, 11) is 0. The molecule has 2 aromatic carbocycles. The molecule has 3 aromatic rings. The molecule has 28 heavy (non-hydrogen) atoms. The number of nitrogens with zero attached hydrogens (tertiary/aromatic N) is 3. The Hall–Kier alpha value is -3.72. The zero-order chi connectivity index (χ0) is 20.1. The fraction of sp³-hybridized carbons (Fsp3) is 0.182. The lowest BCUT2D eigenvalue weighted by Crippen LogP contribution is -2.15. The second kappa shape index (κ2) is 7.89. The number of carbonyl (C=O) groups excluding carboxylic acids is 1. The summed E-state index contributed by atoms with van der Waals surface area (Å²) in [6.07, 6.45) is 1.50. The monoisotopic (exact) mass is 371 g/mol. The number of benzene rings is 2. The lowest BCUT2D eigenvalue weighted by molar-refractivity contribution is 0.102. The molecule has 0 fully saturated rings. The smallest absolute Gasteiger partial charge is 0.274 e. The Labute approximate surface area is 164 Å². The standard InChI is InChI=1S/C22H21N5O/c1-22(2,3)16-8-10-17(11-9-16)25-20(28)19-12-13-24-21(27-19)26-18-7-5-4-6-15(18)14-23/h4-13H,1-3H3,(H,25,28)(H,24,26,27). The third-order valence-corrected chi connectivity index (χ3v) is 4.19. The summed E-state index contributed by atoms with van der Waals surface area (Å²) in [6.45, 7) is 6.42. The average molecular weight is 371 g/mol. The summed E-state index contributed by atoms with van der Waals surface area (Å²) in [4.78, 5) is 20.9. The summed E-state index contributed by atoms with van der Waals surface area (Å²) in [6, 6.07) is 18.4. The fourth-order valence-electron chi connectivity index (χ4n) is 2.60. The normalized spacial score (nSPS) is 10.8. The van der Waals surface area contributed by atoms with Crippen molar-refractivity contribution in [3.05, 3.63) is 77.6 Å². The first-order valence-corrected chi connectivity index (χ1v) is 8.88. The van der Waals surface area contributed by atoms with E-state index < -0.39 is 0 Å². The molecule has 2 N–H and O–H groups in total. The maximum Gasteiger partial charge on any atom is 0.274 e. The highest BCUT2D eigenvalue weighted by Crippen LogP contribution is 2.23. The van der Waals surface area contributed by atoms with E-state index in [0.29, 0.717) is 16.9 Å². The molecule has 1 aromatic heterocycles. The van der Waals surface area contributed by atoms with Gasteiger partial charge in [0.25, 0.3) is 5.91 Å². The molecule has 0 spiro atoms. The maximum absolute atomic E-state index is 12.5. The van der Waals surface area contributed by atoms with E-state index in [9.17, 15) is 10.1 Å². The van der Waals surface area contributed by atoms with Crippen LogP contribution in [0.5, 0.6) is 0 Å². The van der Waals surface area contributed by atoms with Crippen molar-refractivity contribution < 1.29 is 4.79 Å². The van der Waals surface area contributed by atoms with Gasteiger partial charge in [-0.1, -0.05) is 45.0 Å². The molecule has 3 rings (SSSR count). The number of hydrogen-bond donors (Lipinski definition) is 2. The summed E-state index contributed by atoms with van der Waals surface area (Å²) >= 11 is 0. The van der Waals surface area contributed by atoms with Gasteiger partial charge in [-0.05, 0) is 41.3 Å². The van der Waals surface area contributed by atoms with Gasteiger partial charge in [0, 0.05) is 11.9 Å². The van der Waals surface area contributed by atoms with E-state index in [2.05, 4.69) is 47.4 Å². The van der Waals surface area contributed by atoms with E-state index >= 15 is 0 Å².